The van der Waals surface area contributed by atoms with Crippen molar-refractivity contribution in [2.24, 2.45) is 17.8 Å². The summed E-state index contributed by atoms with van der Waals surface area (Å²) in [5, 5.41) is 13.6. The van der Waals surface area contributed by atoms with E-state index in [0.717, 1.165) is 32.5 Å². The molecule has 0 radical (unpaired) electrons. The smallest absolute Gasteiger partial charge is 0.233 e. The molecule has 2 rings (SSSR count). The number of benzene rings is 1. The average Bonchev–Trinajstić information content (AvgIpc) is 2.85. The number of carbonyl (C=O) groups excluding carboxylic acids is 3. The maximum atomic E-state index is 13.3. The minimum atomic E-state index is -0.643. The minimum Gasteiger partial charge on any atom is -0.355 e. The van der Waals surface area contributed by atoms with Crippen LogP contribution in [0, 0.1) is 17.8 Å². The van der Waals surface area contributed by atoms with Crippen LogP contribution in [0.15, 0.2) is 30.3 Å². The van der Waals surface area contributed by atoms with Crippen LogP contribution < -0.4 is 5.32 Å². The second kappa shape index (κ2) is 14.9. The molecule has 1 aliphatic heterocycles. The van der Waals surface area contributed by atoms with Crippen molar-refractivity contribution in [3.05, 3.63) is 35.9 Å². The van der Waals surface area contributed by atoms with E-state index in [9.17, 15) is 19.6 Å². The number of Topliss-reactive ketones (excluding diaryl/α,β-unsaturated/α-hetero) is 1. The molecule has 0 spiro atoms. The fourth-order valence-corrected chi connectivity index (χ4v) is 4.77. The summed E-state index contributed by atoms with van der Waals surface area (Å²) in [5.41, 5.74) is 1.19. The highest BCUT2D eigenvalue weighted by atomic mass is 16.5. The van der Waals surface area contributed by atoms with Gasteiger partial charge in [0, 0.05) is 31.3 Å². The molecule has 1 aromatic carbocycles. The SMILES string of the molecule is CC(C)[C@H](CC(=O)[C@H](CCCc1ccccc1)[C@H](C)N(O)C=O)C(=O)NCCN1CCCCC1. The fraction of sp³-hybridized carbons (Fsp3) is 0.667. The lowest BCUT2D eigenvalue weighted by Gasteiger charge is -2.29. The van der Waals surface area contributed by atoms with Gasteiger partial charge in [-0.25, -0.2) is 5.06 Å². The number of nitrogens with one attached hydrogen (secondary N) is 1. The van der Waals surface area contributed by atoms with Gasteiger partial charge in [0.1, 0.15) is 5.78 Å². The molecule has 1 fully saturated rings. The molecule has 34 heavy (non-hydrogen) atoms. The number of aryl methyl sites for hydroxylation is 1. The quantitative estimate of drug-likeness (QED) is 0.230. The maximum Gasteiger partial charge on any atom is 0.233 e. The van der Waals surface area contributed by atoms with Crippen molar-refractivity contribution in [3.63, 3.8) is 0 Å². The van der Waals surface area contributed by atoms with Crippen molar-refractivity contribution in [2.45, 2.75) is 71.8 Å². The van der Waals surface area contributed by atoms with E-state index in [2.05, 4.69) is 10.2 Å². The topological polar surface area (TPSA) is 90.0 Å². The number of piperidine rings is 1. The van der Waals surface area contributed by atoms with Crippen molar-refractivity contribution in [2.75, 3.05) is 26.2 Å². The standard InChI is InChI=1S/C27H43N3O4/c1-21(2)25(27(33)28-15-18-29-16-8-5-9-17-29)19-26(32)24(22(3)30(34)20-31)14-10-13-23-11-6-4-7-12-23/h4,6-7,11-12,20-22,24-25,34H,5,8-10,13-19H2,1-3H3,(H,28,33)/t22-,24+,25-/m0/s1. The highest BCUT2D eigenvalue weighted by molar-refractivity contribution is 5.88. The van der Waals surface area contributed by atoms with Gasteiger partial charge in [-0.3, -0.25) is 19.6 Å². The Labute approximate surface area is 204 Å². The Hall–Kier alpha value is -2.25. The number of nitrogens with zero attached hydrogens (tertiary/aromatic N) is 2. The first kappa shape index (κ1) is 28.0. The summed E-state index contributed by atoms with van der Waals surface area (Å²) >= 11 is 0. The number of likely N-dealkylation sites (tertiary alicyclic amines) is 1. The average molecular weight is 474 g/mol. The van der Waals surface area contributed by atoms with Crippen molar-refractivity contribution in [1.29, 1.82) is 0 Å². The number of hydrogen-bond donors (Lipinski definition) is 2. The highest BCUT2D eigenvalue weighted by Gasteiger charge is 2.33. The molecule has 190 valence electrons. The van der Waals surface area contributed by atoms with Gasteiger partial charge in [0.15, 0.2) is 0 Å². The first-order chi connectivity index (χ1) is 16.3. The van der Waals surface area contributed by atoms with Crippen molar-refractivity contribution < 1.29 is 19.6 Å². The summed E-state index contributed by atoms with van der Waals surface area (Å²) in [6, 6.07) is 9.39. The summed E-state index contributed by atoms with van der Waals surface area (Å²) in [5.74, 6) is -1.11. The molecule has 0 bridgehead atoms. The Morgan fingerprint density at radius 2 is 1.76 bits per heavy atom. The van der Waals surface area contributed by atoms with Crippen LogP contribution in [0.5, 0.6) is 0 Å². The predicted molar refractivity (Wildman–Crippen MR) is 133 cm³/mol. The number of carbonyl (C=O) groups is 3. The molecule has 2 amide bonds. The zero-order valence-electron chi connectivity index (χ0n) is 21.1. The van der Waals surface area contributed by atoms with Gasteiger partial charge in [0.2, 0.25) is 12.3 Å². The van der Waals surface area contributed by atoms with E-state index in [0.29, 0.717) is 24.4 Å². The molecule has 1 saturated heterocycles. The van der Waals surface area contributed by atoms with Gasteiger partial charge in [-0.15, -0.1) is 0 Å². The van der Waals surface area contributed by atoms with Gasteiger partial charge >= 0.3 is 0 Å². The second-order valence-electron chi connectivity index (χ2n) is 9.92. The molecule has 1 heterocycles. The van der Waals surface area contributed by atoms with Crippen LogP contribution in [0.25, 0.3) is 0 Å². The highest BCUT2D eigenvalue weighted by Crippen LogP contribution is 2.25. The van der Waals surface area contributed by atoms with Gasteiger partial charge in [0.25, 0.3) is 0 Å². The molecule has 2 N–H and O–H groups in total. The second-order valence-corrected chi connectivity index (χ2v) is 9.92. The number of hydrogen-bond acceptors (Lipinski definition) is 5. The molecule has 7 heteroatoms. The van der Waals surface area contributed by atoms with E-state index in [-0.39, 0.29) is 24.0 Å². The van der Waals surface area contributed by atoms with Gasteiger partial charge in [-0.05, 0) is 63.6 Å². The molecular weight excluding hydrogens is 430 g/mol. The van der Waals surface area contributed by atoms with E-state index in [1.165, 1.54) is 24.8 Å². The lowest BCUT2D eigenvalue weighted by atomic mass is 9.82. The van der Waals surface area contributed by atoms with Crippen molar-refractivity contribution in [3.8, 4) is 0 Å². The van der Waals surface area contributed by atoms with E-state index < -0.39 is 17.9 Å². The molecule has 1 aliphatic rings. The van der Waals surface area contributed by atoms with Crippen LogP contribution in [0.4, 0.5) is 0 Å². The zero-order valence-corrected chi connectivity index (χ0v) is 21.1. The molecule has 0 saturated carbocycles. The van der Waals surface area contributed by atoms with Gasteiger partial charge in [-0.2, -0.15) is 0 Å². The van der Waals surface area contributed by atoms with Crippen molar-refractivity contribution >= 4 is 18.1 Å². The number of hydroxylamine groups is 2. The van der Waals surface area contributed by atoms with E-state index in [4.69, 9.17) is 0 Å². The van der Waals surface area contributed by atoms with Crippen LogP contribution in [0.1, 0.15) is 64.9 Å². The van der Waals surface area contributed by atoms with Crippen LogP contribution in [0.2, 0.25) is 0 Å². The summed E-state index contributed by atoms with van der Waals surface area (Å²) in [6.07, 6.45) is 6.27. The summed E-state index contributed by atoms with van der Waals surface area (Å²) in [7, 11) is 0. The van der Waals surface area contributed by atoms with E-state index >= 15 is 0 Å². The Morgan fingerprint density at radius 3 is 2.38 bits per heavy atom. The molecule has 0 aliphatic carbocycles. The van der Waals surface area contributed by atoms with Crippen LogP contribution in [-0.2, 0) is 20.8 Å². The van der Waals surface area contributed by atoms with Gasteiger partial charge < -0.3 is 10.2 Å². The van der Waals surface area contributed by atoms with Crippen LogP contribution in [-0.4, -0.2) is 65.5 Å². The monoisotopic (exact) mass is 473 g/mol. The summed E-state index contributed by atoms with van der Waals surface area (Å²) in [4.78, 5) is 39.8. The molecule has 7 nitrogen and oxygen atoms in total. The molecule has 0 aromatic heterocycles. The van der Waals surface area contributed by atoms with Crippen molar-refractivity contribution in [1.82, 2.24) is 15.3 Å². The lowest BCUT2D eigenvalue weighted by Crippen LogP contribution is -2.43. The van der Waals surface area contributed by atoms with Crippen LogP contribution >= 0.6 is 0 Å². The van der Waals surface area contributed by atoms with Gasteiger partial charge in [0.05, 0.1) is 6.04 Å². The Bertz CT molecular complexity index is 750. The van der Waals surface area contributed by atoms with Gasteiger partial charge in [-0.1, -0.05) is 50.6 Å². The number of ketones is 1. The third-order valence-corrected chi connectivity index (χ3v) is 7.08. The van der Waals surface area contributed by atoms with Crippen LogP contribution in [0.3, 0.4) is 0 Å². The Morgan fingerprint density at radius 1 is 1.09 bits per heavy atom. The first-order valence-corrected chi connectivity index (χ1v) is 12.8. The Kier molecular flexibility index (Phi) is 12.3. The largest absolute Gasteiger partial charge is 0.355 e. The Balaban J connectivity index is 1.95. The molecule has 0 unspecified atom stereocenters. The zero-order chi connectivity index (χ0) is 24.9. The summed E-state index contributed by atoms with van der Waals surface area (Å²) in [6.45, 7) is 9.19. The number of amides is 2. The minimum absolute atomic E-state index is 0.00973. The maximum absolute atomic E-state index is 13.3. The first-order valence-electron chi connectivity index (χ1n) is 12.8. The normalized spacial score (nSPS) is 17.1. The van der Waals surface area contributed by atoms with E-state index in [1.54, 1.807) is 6.92 Å². The molecule has 1 aromatic rings. The third kappa shape index (κ3) is 9.18. The van der Waals surface area contributed by atoms with E-state index in [1.807, 2.05) is 44.2 Å². The third-order valence-electron chi connectivity index (χ3n) is 7.08. The predicted octanol–water partition coefficient (Wildman–Crippen LogP) is 3.70. The summed E-state index contributed by atoms with van der Waals surface area (Å²) < 4.78 is 0. The molecule has 3 atom stereocenters. The number of rotatable bonds is 15. The molecular formula is C27H43N3O4. The fourth-order valence-electron chi connectivity index (χ4n) is 4.77. The lowest BCUT2D eigenvalue weighted by molar-refractivity contribution is -0.166.